The zero-order chi connectivity index (χ0) is 13.4. The van der Waals surface area contributed by atoms with Crippen LogP contribution in [0, 0.1) is 6.92 Å². The number of amides is 1. The number of carbonyl (C=O) groups excluding carboxylic acids is 1. The van der Waals surface area contributed by atoms with Crippen LogP contribution < -0.4 is 0 Å². The molecule has 0 aromatic heterocycles. The van der Waals surface area contributed by atoms with Crippen LogP contribution in [0.4, 0.5) is 0 Å². The van der Waals surface area contributed by atoms with E-state index in [4.69, 9.17) is 0 Å². The fraction of sp³-hybridized carbons (Fsp3) is 0.312. The van der Waals surface area contributed by atoms with Gasteiger partial charge in [0.05, 0.1) is 0 Å². The van der Waals surface area contributed by atoms with Crippen molar-refractivity contribution in [2.45, 2.75) is 19.8 Å². The fourth-order valence-electron chi connectivity index (χ4n) is 1.75. The third-order valence-corrected chi connectivity index (χ3v) is 2.80. The molecule has 1 aromatic carbocycles. The number of hydrogen-bond acceptors (Lipinski definition) is 1. The fourth-order valence-corrected chi connectivity index (χ4v) is 1.75. The summed E-state index contributed by atoms with van der Waals surface area (Å²) in [6.45, 7) is 10.6. The van der Waals surface area contributed by atoms with Crippen LogP contribution in [0.15, 0.2) is 49.6 Å². The van der Waals surface area contributed by atoms with Gasteiger partial charge in [0.2, 0.25) is 5.91 Å². The molecule has 0 aliphatic rings. The van der Waals surface area contributed by atoms with E-state index in [1.807, 2.05) is 0 Å². The molecule has 1 rings (SSSR count). The monoisotopic (exact) mass is 243 g/mol. The van der Waals surface area contributed by atoms with Crippen molar-refractivity contribution in [3.63, 3.8) is 0 Å². The summed E-state index contributed by atoms with van der Waals surface area (Å²) in [4.78, 5) is 13.8. The van der Waals surface area contributed by atoms with Crippen LogP contribution in [0.3, 0.4) is 0 Å². The van der Waals surface area contributed by atoms with Crippen molar-refractivity contribution in [2.75, 3.05) is 13.1 Å². The van der Waals surface area contributed by atoms with Crippen LogP contribution in [0.25, 0.3) is 0 Å². The minimum Gasteiger partial charge on any atom is -0.335 e. The highest BCUT2D eigenvalue weighted by atomic mass is 16.2. The summed E-state index contributed by atoms with van der Waals surface area (Å²) in [5, 5.41) is 0. The highest BCUT2D eigenvalue weighted by molar-refractivity contribution is 5.76. The highest BCUT2D eigenvalue weighted by Crippen LogP contribution is 2.07. The molecular formula is C16H21NO. The minimum absolute atomic E-state index is 0.148. The molecule has 1 amide bonds. The molecule has 0 saturated carbocycles. The lowest BCUT2D eigenvalue weighted by atomic mass is 10.1. The summed E-state index contributed by atoms with van der Waals surface area (Å²) in [7, 11) is 0. The topological polar surface area (TPSA) is 20.3 Å². The zero-order valence-corrected chi connectivity index (χ0v) is 11.1. The summed E-state index contributed by atoms with van der Waals surface area (Å²) in [5.74, 6) is 0.148. The van der Waals surface area contributed by atoms with E-state index in [9.17, 15) is 4.79 Å². The molecule has 0 saturated heterocycles. The molecule has 18 heavy (non-hydrogen) atoms. The van der Waals surface area contributed by atoms with Gasteiger partial charge in [0.15, 0.2) is 0 Å². The highest BCUT2D eigenvalue weighted by Gasteiger charge is 2.10. The van der Waals surface area contributed by atoms with E-state index in [0.717, 1.165) is 6.42 Å². The lowest BCUT2D eigenvalue weighted by Crippen LogP contribution is -2.31. The Hall–Kier alpha value is -1.83. The van der Waals surface area contributed by atoms with E-state index in [1.54, 1.807) is 17.1 Å². The maximum atomic E-state index is 12.0. The first-order valence-electron chi connectivity index (χ1n) is 6.22. The number of carbonyl (C=O) groups is 1. The molecule has 0 aliphatic heterocycles. The van der Waals surface area contributed by atoms with E-state index in [1.165, 1.54) is 11.1 Å². The summed E-state index contributed by atoms with van der Waals surface area (Å²) >= 11 is 0. The average molecular weight is 243 g/mol. The molecule has 0 atom stereocenters. The predicted molar refractivity (Wildman–Crippen MR) is 76.5 cm³/mol. The number of nitrogens with zero attached hydrogens (tertiary/aromatic N) is 1. The quantitative estimate of drug-likeness (QED) is 0.674. The summed E-state index contributed by atoms with van der Waals surface area (Å²) in [5.41, 5.74) is 2.44. The van der Waals surface area contributed by atoms with Crippen molar-refractivity contribution in [3.05, 3.63) is 60.7 Å². The second kappa shape index (κ2) is 7.49. The van der Waals surface area contributed by atoms with Crippen LogP contribution in [-0.2, 0) is 11.2 Å². The second-order valence-corrected chi connectivity index (χ2v) is 4.36. The average Bonchev–Trinajstić information content (AvgIpc) is 2.37. The van der Waals surface area contributed by atoms with Crippen molar-refractivity contribution < 1.29 is 4.79 Å². The van der Waals surface area contributed by atoms with Gasteiger partial charge in [-0.1, -0.05) is 42.0 Å². The Kier molecular flexibility index (Phi) is 5.92. The Labute approximate surface area is 110 Å². The Morgan fingerprint density at radius 1 is 1.17 bits per heavy atom. The maximum absolute atomic E-state index is 12.0. The first-order chi connectivity index (χ1) is 8.67. The SMILES string of the molecule is C=CCN(CC=C)C(=O)CCc1ccc(C)cc1. The molecule has 0 spiro atoms. The van der Waals surface area contributed by atoms with Crippen molar-refractivity contribution in [1.82, 2.24) is 4.90 Å². The van der Waals surface area contributed by atoms with Gasteiger partial charge < -0.3 is 4.90 Å². The van der Waals surface area contributed by atoms with E-state index in [0.29, 0.717) is 19.5 Å². The molecule has 96 valence electrons. The smallest absolute Gasteiger partial charge is 0.223 e. The van der Waals surface area contributed by atoms with Gasteiger partial charge >= 0.3 is 0 Å². The van der Waals surface area contributed by atoms with Gasteiger partial charge in [-0.05, 0) is 18.9 Å². The van der Waals surface area contributed by atoms with E-state index in [-0.39, 0.29) is 5.91 Å². The van der Waals surface area contributed by atoms with Crippen molar-refractivity contribution in [2.24, 2.45) is 0 Å². The van der Waals surface area contributed by atoms with Gasteiger partial charge in [-0.2, -0.15) is 0 Å². The van der Waals surface area contributed by atoms with Crippen LogP contribution in [0.2, 0.25) is 0 Å². The summed E-state index contributed by atoms with van der Waals surface area (Å²) in [6, 6.07) is 8.30. The Bertz CT molecular complexity index is 396. The lowest BCUT2D eigenvalue weighted by Gasteiger charge is -2.19. The third-order valence-electron chi connectivity index (χ3n) is 2.80. The Morgan fingerprint density at radius 2 is 1.72 bits per heavy atom. The van der Waals surface area contributed by atoms with Crippen molar-refractivity contribution >= 4 is 5.91 Å². The standard InChI is InChI=1S/C16H21NO/c1-4-12-17(13-5-2)16(18)11-10-15-8-6-14(3)7-9-15/h4-9H,1-2,10-13H2,3H3. The summed E-state index contributed by atoms with van der Waals surface area (Å²) in [6.07, 6.45) is 4.80. The minimum atomic E-state index is 0.148. The molecule has 0 fully saturated rings. The van der Waals surface area contributed by atoms with Crippen molar-refractivity contribution in [3.8, 4) is 0 Å². The predicted octanol–water partition coefficient (Wildman–Crippen LogP) is 3.13. The van der Waals surface area contributed by atoms with Gasteiger partial charge in [0.1, 0.15) is 0 Å². The van der Waals surface area contributed by atoms with Crippen LogP contribution >= 0.6 is 0 Å². The van der Waals surface area contributed by atoms with Crippen LogP contribution in [0.5, 0.6) is 0 Å². The number of rotatable bonds is 7. The van der Waals surface area contributed by atoms with Gasteiger partial charge in [0.25, 0.3) is 0 Å². The van der Waals surface area contributed by atoms with E-state index in [2.05, 4.69) is 44.3 Å². The van der Waals surface area contributed by atoms with Gasteiger partial charge in [-0.25, -0.2) is 0 Å². The Morgan fingerprint density at radius 3 is 2.22 bits per heavy atom. The molecule has 0 radical (unpaired) electrons. The molecule has 0 aliphatic carbocycles. The first-order valence-corrected chi connectivity index (χ1v) is 6.22. The number of aryl methyl sites for hydroxylation is 2. The third kappa shape index (κ3) is 4.58. The van der Waals surface area contributed by atoms with Gasteiger partial charge in [-0.15, -0.1) is 13.2 Å². The number of benzene rings is 1. The summed E-state index contributed by atoms with van der Waals surface area (Å²) < 4.78 is 0. The van der Waals surface area contributed by atoms with Gasteiger partial charge in [0, 0.05) is 19.5 Å². The van der Waals surface area contributed by atoms with Crippen molar-refractivity contribution in [1.29, 1.82) is 0 Å². The van der Waals surface area contributed by atoms with E-state index < -0.39 is 0 Å². The molecule has 2 heteroatoms. The first kappa shape index (κ1) is 14.2. The normalized spacial score (nSPS) is 9.83. The lowest BCUT2D eigenvalue weighted by molar-refractivity contribution is -0.130. The molecule has 0 N–H and O–H groups in total. The molecular weight excluding hydrogens is 222 g/mol. The Balaban J connectivity index is 2.50. The van der Waals surface area contributed by atoms with Crippen LogP contribution in [-0.4, -0.2) is 23.9 Å². The maximum Gasteiger partial charge on any atom is 0.223 e. The van der Waals surface area contributed by atoms with Gasteiger partial charge in [-0.3, -0.25) is 4.79 Å². The molecule has 0 heterocycles. The zero-order valence-electron chi connectivity index (χ0n) is 11.1. The number of hydrogen-bond donors (Lipinski definition) is 0. The second-order valence-electron chi connectivity index (χ2n) is 4.36. The van der Waals surface area contributed by atoms with E-state index >= 15 is 0 Å². The molecule has 1 aromatic rings. The molecule has 0 bridgehead atoms. The molecule has 0 unspecified atom stereocenters. The largest absolute Gasteiger partial charge is 0.335 e. The van der Waals surface area contributed by atoms with Crippen LogP contribution in [0.1, 0.15) is 17.5 Å². The molecule has 2 nitrogen and oxygen atoms in total.